The first-order chi connectivity index (χ1) is 14.0. The van der Waals surface area contributed by atoms with Gasteiger partial charge in [-0.2, -0.15) is 0 Å². The molecule has 3 aromatic rings. The lowest BCUT2D eigenvalue weighted by atomic mass is 10.1. The summed E-state index contributed by atoms with van der Waals surface area (Å²) >= 11 is 1.14. The SMILES string of the molecule is Cc1c(C(=O)OCC(=O)N[C@H](C)c2ccccc2)sc2nc3n(c(=O)c12)CCC3. The summed E-state index contributed by atoms with van der Waals surface area (Å²) in [6.45, 7) is 3.86. The Bertz CT molecular complexity index is 1150. The molecule has 29 heavy (non-hydrogen) atoms. The van der Waals surface area contributed by atoms with Crippen LogP contribution < -0.4 is 10.9 Å². The molecular weight excluding hydrogens is 390 g/mol. The van der Waals surface area contributed by atoms with E-state index in [-0.39, 0.29) is 24.1 Å². The molecule has 0 spiro atoms. The standard InChI is InChI=1S/C21H21N3O4S/c1-12-17-19(23-15-9-6-10-24(15)20(17)26)29-18(12)21(27)28-11-16(25)22-13(2)14-7-4-3-5-8-14/h3-5,7-8,13H,6,9-11H2,1-2H3,(H,22,25)/t13-/m1/s1. The quantitative estimate of drug-likeness (QED) is 0.652. The van der Waals surface area contributed by atoms with Crippen molar-refractivity contribution in [2.45, 2.75) is 39.3 Å². The van der Waals surface area contributed by atoms with E-state index in [0.29, 0.717) is 27.2 Å². The number of esters is 1. The van der Waals surface area contributed by atoms with Crippen LogP contribution in [-0.4, -0.2) is 28.0 Å². The Morgan fingerprint density at radius 2 is 2.07 bits per heavy atom. The summed E-state index contributed by atoms with van der Waals surface area (Å²) in [6, 6.07) is 9.34. The third-order valence-corrected chi connectivity index (χ3v) is 6.27. The van der Waals surface area contributed by atoms with Crippen LogP contribution in [-0.2, 0) is 22.5 Å². The van der Waals surface area contributed by atoms with Gasteiger partial charge in [-0.1, -0.05) is 30.3 Å². The van der Waals surface area contributed by atoms with Crippen LogP contribution in [0.3, 0.4) is 0 Å². The molecule has 0 fully saturated rings. The topological polar surface area (TPSA) is 90.3 Å². The lowest BCUT2D eigenvalue weighted by Gasteiger charge is -2.14. The van der Waals surface area contributed by atoms with E-state index in [2.05, 4.69) is 10.3 Å². The highest BCUT2D eigenvalue weighted by atomic mass is 32.1. The van der Waals surface area contributed by atoms with Gasteiger partial charge in [0.05, 0.1) is 11.4 Å². The molecule has 0 aliphatic carbocycles. The summed E-state index contributed by atoms with van der Waals surface area (Å²) in [4.78, 5) is 42.8. The molecule has 0 saturated carbocycles. The van der Waals surface area contributed by atoms with E-state index < -0.39 is 5.97 Å². The number of amides is 1. The van der Waals surface area contributed by atoms with Crippen molar-refractivity contribution in [2.24, 2.45) is 0 Å². The first-order valence-corrected chi connectivity index (χ1v) is 10.3. The number of fused-ring (bicyclic) bond motifs is 2. The molecule has 0 radical (unpaired) electrons. The lowest BCUT2D eigenvalue weighted by Crippen LogP contribution is -2.31. The maximum Gasteiger partial charge on any atom is 0.349 e. The Kier molecular flexibility index (Phi) is 5.19. The molecule has 1 N–H and O–H groups in total. The molecule has 3 heterocycles. The van der Waals surface area contributed by atoms with E-state index in [0.717, 1.165) is 35.6 Å². The van der Waals surface area contributed by atoms with Crippen LogP contribution in [0.1, 0.15) is 46.0 Å². The molecule has 1 aromatic carbocycles. The number of nitrogens with one attached hydrogen (secondary N) is 1. The van der Waals surface area contributed by atoms with Crippen LogP contribution in [0.15, 0.2) is 35.1 Å². The molecule has 1 aliphatic rings. The number of aryl methyl sites for hydroxylation is 2. The number of rotatable bonds is 5. The van der Waals surface area contributed by atoms with Crippen LogP contribution in [0.25, 0.3) is 10.2 Å². The van der Waals surface area contributed by atoms with Gasteiger partial charge in [-0.25, -0.2) is 9.78 Å². The Balaban J connectivity index is 1.46. The van der Waals surface area contributed by atoms with Gasteiger partial charge in [-0.3, -0.25) is 14.2 Å². The Morgan fingerprint density at radius 1 is 1.31 bits per heavy atom. The van der Waals surface area contributed by atoms with Crippen molar-refractivity contribution < 1.29 is 14.3 Å². The smallest absolute Gasteiger partial charge is 0.349 e. The van der Waals surface area contributed by atoms with Gasteiger partial charge < -0.3 is 10.1 Å². The number of carbonyl (C=O) groups is 2. The number of hydrogen-bond acceptors (Lipinski definition) is 6. The molecule has 0 bridgehead atoms. The van der Waals surface area contributed by atoms with Crippen molar-refractivity contribution in [2.75, 3.05) is 6.61 Å². The van der Waals surface area contributed by atoms with Crippen LogP contribution in [0.5, 0.6) is 0 Å². The number of aromatic nitrogens is 2. The zero-order chi connectivity index (χ0) is 20.5. The van der Waals surface area contributed by atoms with E-state index in [1.807, 2.05) is 37.3 Å². The number of ether oxygens (including phenoxy) is 1. The Labute approximate surface area is 171 Å². The molecule has 4 rings (SSSR count). The predicted octanol–water partition coefficient (Wildman–Crippen LogP) is 2.75. The maximum absolute atomic E-state index is 12.7. The van der Waals surface area contributed by atoms with Crippen LogP contribution >= 0.6 is 11.3 Å². The molecule has 150 valence electrons. The Morgan fingerprint density at radius 3 is 2.83 bits per heavy atom. The van der Waals surface area contributed by atoms with E-state index in [4.69, 9.17) is 4.74 Å². The first-order valence-electron chi connectivity index (χ1n) is 9.50. The van der Waals surface area contributed by atoms with E-state index in [1.165, 1.54) is 0 Å². The first kappa shape index (κ1) is 19.3. The fourth-order valence-corrected chi connectivity index (χ4v) is 4.66. The molecule has 2 aromatic heterocycles. The summed E-state index contributed by atoms with van der Waals surface area (Å²) in [6.07, 6.45) is 1.67. The van der Waals surface area contributed by atoms with Gasteiger partial charge in [-0.05, 0) is 31.4 Å². The largest absolute Gasteiger partial charge is 0.451 e. The van der Waals surface area contributed by atoms with Crippen LogP contribution in [0.2, 0.25) is 0 Å². The number of carbonyl (C=O) groups excluding carboxylic acids is 2. The zero-order valence-corrected chi connectivity index (χ0v) is 17.0. The van der Waals surface area contributed by atoms with Crippen molar-refractivity contribution in [3.05, 3.63) is 62.5 Å². The fourth-order valence-electron chi connectivity index (χ4n) is 3.57. The van der Waals surface area contributed by atoms with Crippen LogP contribution in [0, 0.1) is 6.92 Å². The van der Waals surface area contributed by atoms with Crippen molar-refractivity contribution in [1.82, 2.24) is 14.9 Å². The van der Waals surface area contributed by atoms with Crippen molar-refractivity contribution in [3.63, 3.8) is 0 Å². The minimum absolute atomic E-state index is 0.107. The highest BCUT2D eigenvalue weighted by Crippen LogP contribution is 2.29. The van der Waals surface area contributed by atoms with Gasteiger partial charge in [0, 0.05) is 13.0 Å². The van der Waals surface area contributed by atoms with Gasteiger partial charge in [0.1, 0.15) is 15.5 Å². The second kappa shape index (κ2) is 7.79. The fraction of sp³-hybridized carbons (Fsp3) is 0.333. The van der Waals surface area contributed by atoms with E-state index in [1.54, 1.807) is 11.5 Å². The molecule has 1 amide bonds. The minimum Gasteiger partial charge on any atom is -0.451 e. The van der Waals surface area contributed by atoms with E-state index >= 15 is 0 Å². The number of thiophene rings is 1. The van der Waals surface area contributed by atoms with Gasteiger partial charge in [-0.15, -0.1) is 11.3 Å². The molecule has 0 unspecified atom stereocenters. The van der Waals surface area contributed by atoms with Gasteiger partial charge in [0.15, 0.2) is 6.61 Å². The van der Waals surface area contributed by atoms with Crippen molar-refractivity contribution >= 4 is 33.4 Å². The van der Waals surface area contributed by atoms with Crippen LogP contribution in [0.4, 0.5) is 0 Å². The molecule has 7 nitrogen and oxygen atoms in total. The third-order valence-electron chi connectivity index (χ3n) is 5.11. The number of hydrogen-bond donors (Lipinski definition) is 1. The average Bonchev–Trinajstić information content (AvgIpc) is 3.32. The van der Waals surface area contributed by atoms with Crippen molar-refractivity contribution in [3.8, 4) is 0 Å². The normalized spacial score (nSPS) is 13.9. The number of benzene rings is 1. The van der Waals surface area contributed by atoms with Gasteiger partial charge in [0.25, 0.3) is 11.5 Å². The summed E-state index contributed by atoms with van der Waals surface area (Å²) in [7, 11) is 0. The summed E-state index contributed by atoms with van der Waals surface area (Å²) in [5.74, 6) is -0.235. The second-order valence-electron chi connectivity index (χ2n) is 7.10. The minimum atomic E-state index is -0.613. The highest BCUT2D eigenvalue weighted by molar-refractivity contribution is 7.20. The maximum atomic E-state index is 12.7. The third kappa shape index (κ3) is 3.67. The van der Waals surface area contributed by atoms with Crippen molar-refractivity contribution in [1.29, 1.82) is 0 Å². The summed E-state index contributed by atoms with van der Waals surface area (Å²) in [5, 5.41) is 3.27. The second-order valence-corrected chi connectivity index (χ2v) is 8.10. The molecule has 8 heteroatoms. The Hall–Kier alpha value is -3.00. The number of nitrogens with zero attached hydrogens (tertiary/aromatic N) is 2. The van der Waals surface area contributed by atoms with E-state index in [9.17, 15) is 14.4 Å². The summed E-state index contributed by atoms with van der Waals surface area (Å²) < 4.78 is 6.88. The lowest BCUT2D eigenvalue weighted by molar-refractivity contribution is -0.124. The average molecular weight is 411 g/mol. The molecule has 1 atom stereocenters. The molecule has 0 saturated heterocycles. The van der Waals surface area contributed by atoms with Gasteiger partial charge >= 0.3 is 5.97 Å². The molecule has 1 aliphatic heterocycles. The monoisotopic (exact) mass is 411 g/mol. The highest BCUT2D eigenvalue weighted by Gasteiger charge is 2.24. The predicted molar refractivity (Wildman–Crippen MR) is 110 cm³/mol. The zero-order valence-electron chi connectivity index (χ0n) is 16.2. The molecular formula is C21H21N3O4S. The summed E-state index contributed by atoms with van der Waals surface area (Å²) in [5.41, 5.74) is 1.42. The van der Waals surface area contributed by atoms with Gasteiger partial charge in [0.2, 0.25) is 0 Å².